The summed E-state index contributed by atoms with van der Waals surface area (Å²) in [7, 11) is 0. The maximum absolute atomic E-state index is 11.4. The summed E-state index contributed by atoms with van der Waals surface area (Å²) in [6.07, 6.45) is 0. The van der Waals surface area contributed by atoms with E-state index in [9.17, 15) is 9.90 Å². The lowest BCUT2D eigenvalue weighted by Gasteiger charge is -2.12. The van der Waals surface area contributed by atoms with Crippen molar-refractivity contribution < 1.29 is 9.90 Å². The van der Waals surface area contributed by atoms with Crippen molar-refractivity contribution in [1.82, 2.24) is 4.98 Å². The van der Waals surface area contributed by atoms with Crippen LogP contribution in [0, 0.1) is 10.5 Å². The fraction of sp³-hybridized carbons (Fsp3) is 0.0588. The van der Waals surface area contributed by atoms with E-state index >= 15 is 0 Å². The lowest BCUT2D eigenvalue weighted by atomic mass is 10.0. The Bertz CT molecular complexity index is 841. The van der Waals surface area contributed by atoms with E-state index in [0.717, 1.165) is 14.7 Å². The predicted molar refractivity (Wildman–Crippen MR) is 89.0 cm³/mol. The second kappa shape index (κ2) is 5.44. The molecule has 0 atom stereocenters. The van der Waals surface area contributed by atoms with Gasteiger partial charge in [0.15, 0.2) is 0 Å². The number of aryl methyl sites for hydroxylation is 1. The molecule has 0 aliphatic rings. The Morgan fingerprint density at radius 1 is 1.14 bits per heavy atom. The Balaban J connectivity index is 2.32. The lowest BCUT2D eigenvalue weighted by molar-refractivity contribution is -0.254. The second-order valence-corrected chi connectivity index (χ2v) is 6.07. The molecule has 0 bridgehead atoms. The van der Waals surface area contributed by atoms with Gasteiger partial charge in [0, 0.05) is 20.1 Å². The lowest BCUT2D eigenvalue weighted by Crippen LogP contribution is -2.22. The molecule has 0 N–H and O–H groups in total. The maximum atomic E-state index is 11.4. The first-order valence-electron chi connectivity index (χ1n) is 6.44. The molecular weight excluding hydrogens is 377 g/mol. The number of nitrogens with zero attached hydrogens (tertiary/aromatic N) is 1. The number of carboxylic acids is 1. The number of pyridine rings is 1. The van der Waals surface area contributed by atoms with Gasteiger partial charge in [0.1, 0.15) is 0 Å². The molecule has 0 aliphatic heterocycles. The Morgan fingerprint density at radius 3 is 2.52 bits per heavy atom. The molecule has 0 fully saturated rings. The van der Waals surface area contributed by atoms with Crippen molar-refractivity contribution in [3.63, 3.8) is 0 Å². The average molecular weight is 388 g/mol. The highest BCUT2D eigenvalue weighted by Crippen LogP contribution is 2.26. The summed E-state index contributed by atoms with van der Waals surface area (Å²) < 4.78 is 1.12. The van der Waals surface area contributed by atoms with Crippen molar-refractivity contribution in [3.05, 3.63) is 63.2 Å². The minimum Gasteiger partial charge on any atom is -0.545 e. The van der Waals surface area contributed by atoms with Gasteiger partial charge in [-0.2, -0.15) is 0 Å². The van der Waals surface area contributed by atoms with Gasteiger partial charge < -0.3 is 9.90 Å². The number of fused-ring (bicyclic) bond motifs is 1. The molecule has 2 aromatic carbocycles. The van der Waals surface area contributed by atoms with Gasteiger partial charge in [-0.25, -0.2) is 4.98 Å². The molecule has 1 heterocycles. The summed E-state index contributed by atoms with van der Waals surface area (Å²) in [6, 6.07) is 14.9. The number of hydrogen-bond donors (Lipinski definition) is 0. The summed E-state index contributed by atoms with van der Waals surface area (Å²) >= 11 is 2.23. The van der Waals surface area contributed by atoms with Crippen LogP contribution in [0.1, 0.15) is 15.9 Å². The smallest absolute Gasteiger partial charge is 0.0745 e. The standard InChI is InChI=1S/C17H12INO2/c1-10-3-2-4-13-14(17(20)21)9-15(19-16(10)13)11-5-7-12(18)8-6-11/h2-9H,1H3,(H,20,21)/p-1. The van der Waals surface area contributed by atoms with Crippen LogP contribution in [-0.2, 0) is 0 Å². The van der Waals surface area contributed by atoms with Crippen LogP contribution < -0.4 is 5.11 Å². The fourth-order valence-electron chi connectivity index (χ4n) is 2.33. The van der Waals surface area contributed by atoms with Gasteiger partial charge in [0.25, 0.3) is 0 Å². The van der Waals surface area contributed by atoms with Crippen LogP contribution in [0.3, 0.4) is 0 Å². The number of halogens is 1. The van der Waals surface area contributed by atoms with Crippen LogP contribution in [0.5, 0.6) is 0 Å². The number of rotatable bonds is 2. The maximum Gasteiger partial charge on any atom is 0.0745 e. The van der Waals surface area contributed by atoms with E-state index in [2.05, 4.69) is 27.6 Å². The molecule has 0 radical (unpaired) electrons. The number of hydrogen-bond acceptors (Lipinski definition) is 3. The summed E-state index contributed by atoms with van der Waals surface area (Å²) in [5.41, 5.74) is 3.36. The molecule has 104 valence electrons. The van der Waals surface area contributed by atoms with Gasteiger partial charge in [-0.15, -0.1) is 0 Å². The van der Waals surface area contributed by atoms with Gasteiger partial charge >= 0.3 is 0 Å². The number of aromatic carboxylic acids is 1. The summed E-state index contributed by atoms with van der Waals surface area (Å²) in [4.78, 5) is 16.0. The molecule has 3 rings (SSSR count). The number of carbonyl (C=O) groups excluding carboxylic acids is 1. The zero-order valence-corrected chi connectivity index (χ0v) is 13.4. The van der Waals surface area contributed by atoms with E-state index in [0.29, 0.717) is 16.6 Å². The first-order chi connectivity index (χ1) is 10.1. The number of aromatic nitrogens is 1. The summed E-state index contributed by atoms with van der Waals surface area (Å²) in [5, 5.41) is 12.0. The third-order valence-corrected chi connectivity index (χ3v) is 4.12. The van der Waals surface area contributed by atoms with Crippen molar-refractivity contribution in [1.29, 1.82) is 0 Å². The van der Waals surface area contributed by atoms with Crippen LogP contribution in [0.25, 0.3) is 22.2 Å². The highest BCUT2D eigenvalue weighted by atomic mass is 127. The van der Waals surface area contributed by atoms with Gasteiger partial charge in [0.05, 0.1) is 17.2 Å². The highest BCUT2D eigenvalue weighted by Gasteiger charge is 2.09. The topological polar surface area (TPSA) is 53.0 Å². The van der Waals surface area contributed by atoms with Crippen molar-refractivity contribution in [3.8, 4) is 11.3 Å². The molecule has 0 saturated carbocycles. The summed E-state index contributed by atoms with van der Waals surface area (Å²) in [5.74, 6) is -1.18. The molecule has 3 nitrogen and oxygen atoms in total. The minimum atomic E-state index is -1.18. The third kappa shape index (κ3) is 2.63. The van der Waals surface area contributed by atoms with Crippen molar-refractivity contribution in [2.24, 2.45) is 0 Å². The Kier molecular flexibility index (Phi) is 3.63. The molecule has 0 unspecified atom stereocenters. The molecule has 0 amide bonds. The van der Waals surface area contributed by atoms with Crippen LogP contribution in [0.4, 0.5) is 0 Å². The van der Waals surface area contributed by atoms with E-state index in [-0.39, 0.29) is 5.56 Å². The molecule has 21 heavy (non-hydrogen) atoms. The highest BCUT2D eigenvalue weighted by molar-refractivity contribution is 14.1. The largest absolute Gasteiger partial charge is 0.545 e. The Hall–Kier alpha value is -1.95. The average Bonchev–Trinajstić information content (AvgIpc) is 2.47. The van der Waals surface area contributed by atoms with E-state index in [4.69, 9.17) is 0 Å². The predicted octanol–water partition coefficient (Wildman–Crippen LogP) is 3.18. The van der Waals surface area contributed by atoms with E-state index in [1.165, 1.54) is 0 Å². The van der Waals surface area contributed by atoms with Crippen LogP contribution in [0.15, 0.2) is 48.5 Å². The molecule has 0 aliphatic carbocycles. The van der Waals surface area contributed by atoms with E-state index in [1.54, 1.807) is 12.1 Å². The molecule has 4 heteroatoms. The van der Waals surface area contributed by atoms with Crippen LogP contribution in [-0.4, -0.2) is 11.0 Å². The zero-order valence-electron chi connectivity index (χ0n) is 11.3. The quantitative estimate of drug-likeness (QED) is 0.634. The van der Waals surface area contributed by atoms with Gasteiger partial charge in [-0.3, -0.25) is 0 Å². The van der Waals surface area contributed by atoms with Crippen LogP contribution in [0.2, 0.25) is 0 Å². The molecule has 1 aromatic heterocycles. The molecular formula is C17H11INO2-. The van der Waals surface area contributed by atoms with Crippen LogP contribution >= 0.6 is 22.6 Å². The number of carbonyl (C=O) groups is 1. The Morgan fingerprint density at radius 2 is 1.86 bits per heavy atom. The minimum absolute atomic E-state index is 0.178. The number of carboxylic acid groups (broad SMARTS) is 1. The monoisotopic (exact) mass is 388 g/mol. The SMILES string of the molecule is Cc1cccc2c(C(=O)[O-])cc(-c3ccc(I)cc3)nc12. The van der Waals surface area contributed by atoms with E-state index < -0.39 is 5.97 Å². The van der Waals surface area contributed by atoms with Gasteiger partial charge in [0.2, 0.25) is 0 Å². The molecule has 0 spiro atoms. The normalized spacial score (nSPS) is 10.8. The summed E-state index contributed by atoms with van der Waals surface area (Å²) in [6.45, 7) is 1.92. The molecule has 3 aromatic rings. The zero-order chi connectivity index (χ0) is 15.0. The third-order valence-electron chi connectivity index (χ3n) is 3.40. The van der Waals surface area contributed by atoms with Crippen molar-refractivity contribution >= 4 is 39.5 Å². The van der Waals surface area contributed by atoms with Gasteiger partial charge in [-0.05, 0) is 53.3 Å². The first kappa shape index (κ1) is 14.0. The van der Waals surface area contributed by atoms with Crippen molar-refractivity contribution in [2.45, 2.75) is 6.92 Å². The number of para-hydroxylation sites is 1. The van der Waals surface area contributed by atoms with Gasteiger partial charge in [-0.1, -0.05) is 30.3 Å². The molecule has 0 saturated heterocycles. The second-order valence-electron chi connectivity index (χ2n) is 4.82. The first-order valence-corrected chi connectivity index (χ1v) is 7.52. The Labute approximate surface area is 135 Å². The van der Waals surface area contributed by atoms with Crippen molar-refractivity contribution in [2.75, 3.05) is 0 Å². The fourth-order valence-corrected chi connectivity index (χ4v) is 2.69. The number of benzene rings is 2. The van der Waals surface area contributed by atoms with E-state index in [1.807, 2.05) is 43.3 Å².